The molecule has 0 bridgehead atoms. The summed E-state index contributed by atoms with van der Waals surface area (Å²) >= 11 is 3.12. The predicted octanol–water partition coefficient (Wildman–Crippen LogP) is 4.78. The van der Waals surface area contributed by atoms with E-state index < -0.39 is 28.8 Å². The second-order valence-corrected chi connectivity index (χ2v) is 6.28. The molecule has 0 spiro atoms. The molecular formula is C16H13BrF3NO. The van der Waals surface area contributed by atoms with Crippen molar-refractivity contribution >= 4 is 27.5 Å². The molecule has 2 nitrogen and oxygen atoms in total. The molecule has 116 valence electrons. The number of carbonyl (C=O) groups is 1. The van der Waals surface area contributed by atoms with E-state index in [0.29, 0.717) is 4.47 Å². The second kappa shape index (κ2) is 6.12. The van der Waals surface area contributed by atoms with Crippen LogP contribution in [0.4, 0.5) is 18.9 Å². The monoisotopic (exact) mass is 371 g/mol. The third-order valence-electron chi connectivity index (χ3n) is 3.33. The van der Waals surface area contributed by atoms with Gasteiger partial charge in [0.15, 0.2) is 0 Å². The van der Waals surface area contributed by atoms with Crippen LogP contribution in [0.2, 0.25) is 0 Å². The molecule has 0 atom stereocenters. The number of rotatable bonds is 3. The normalized spacial score (nSPS) is 11.4. The number of halogens is 4. The Kier molecular flexibility index (Phi) is 4.60. The van der Waals surface area contributed by atoms with Crippen LogP contribution in [0.25, 0.3) is 0 Å². The Labute approximate surface area is 134 Å². The van der Waals surface area contributed by atoms with Crippen molar-refractivity contribution < 1.29 is 18.0 Å². The quantitative estimate of drug-likeness (QED) is 0.825. The van der Waals surface area contributed by atoms with Crippen LogP contribution in [0, 0.1) is 17.5 Å². The number of nitrogens with one attached hydrogen (secondary N) is 1. The Hall–Kier alpha value is -1.82. The fourth-order valence-corrected chi connectivity index (χ4v) is 2.25. The molecule has 0 aliphatic rings. The minimum absolute atomic E-state index is 0.00171. The predicted molar refractivity (Wildman–Crippen MR) is 82.1 cm³/mol. The van der Waals surface area contributed by atoms with Crippen LogP contribution in [0.3, 0.4) is 0 Å². The van der Waals surface area contributed by atoms with Gasteiger partial charge in [0.25, 0.3) is 0 Å². The largest absolute Gasteiger partial charge is 0.323 e. The van der Waals surface area contributed by atoms with Crippen molar-refractivity contribution in [1.82, 2.24) is 0 Å². The van der Waals surface area contributed by atoms with Crippen molar-refractivity contribution in [2.45, 2.75) is 19.3 Å². The lowest BCUT2D eigenvalue weighted by molar-refractivity contribution is -0.120. The Morgan fingerprint density at radius 3 is 2.18 bits per heavy atom. The molecule has 2 aromatic rings. The molecule has 0 saturated heterocycles. The molecule has 22 heavy (non-hydrogen) atoms. The zero-order valence-electron chi connectivity index (χ0n) is 11.9. The van der Waals surface area contributed by atoms with E-state index in [1.165, 1.54) is 26.0 Å². The zero-order chi connectivity index (χ0) is 16.5. The molecule has 1 amide bonds. The first-order valence-corrected chi connectivity index (χ1v) is 7.22. The van der Waals surface area contributed by atoms with Crippen LogP contribution in [-0.2, 0) is 10.2 Å². The van der Waals surface area contributed by atoms with Crippen molar-refractivity contribution in [1.29, 1.82) is 0 Å². The van der Waals surface area contributed by atoms with E-state index in [0.717, 1.165) is 18.2 Å². The van der Waals surface area contributed by atoms with E-state index in [4.69, 9.17) is 0 Å². The summed E-state index contributed by atoms with van der Waals surface area (Å²) < 4.78 is 40.9. The average Bonchev–Trinajstić information content (AvgIpc) is 2.40. The van der Waals surface area contributed by atoms with Gasteiger partial charge in [-0.25, -0.2) is 13.2 Å². The minimum atomic E-state index is -1.23. The molecule has 1 N–H and O–H groups in total. The Morgan fingerprint density at radius 1 is 1.05 bits per heavy atom. The first kappa shape index (κ1) is 16.5. The molecule has 0 aliphatic carbocycles. The van der Waals surface area contributed by atoms with E-state index in [2.05, 4.69) is 21.2 Å². The molecule has 2 aromatic carbocycles. The van der Waals surface area contributed by atoms with E-state index in [9.17, 15) is 18.0 Å². The number of hydrogen-bond acceptors (Lipinski definition) is 1. The SMILES string of the molecule is CC(C)(C(=O)Nc1ccc(Br)cc1F)c1cc(F)cc(F)c1. The maximum absolute atomic E-state index is 13.8. The lowest BCUT2D eigenvalue weighted by Gasteiger charge is -2.24. The van der Waals surface area contributed by atoms with Crippen molar-refractivity contribution in [3.8, 4) is 0 Å². The molecule has 0 radical (unpaired) electrons. The molecule has 0 fully saturated rings. The summed E-state index contributed by atoms with van der Waals surface area (Å²) in [5.74, 6) is -2.72. The number of hydrogen-bond donors (Lipinski definition) is 1. The minimum Gasteiger partial charge on any atom is -0.323 e. The van der Waals surface area contributed by atoms with E-state index in [1.807, 2.05) is 0 Å². The molecule has 6 heteroatoms. The number of anilines is 1. The summed E-state index contributed by atoms with van der Waals surface area (Å²) in [6, 6.07) is 7.09. The van der Waals surface area contributed by atoms with Gasteiger partial charge in [-0.05, 0) is 49.7 Å². The van der Waals surface area contributed by atoms with Gasteiger partial charge in [0, 0.05) is 10.5 Å². The molecule has 0 aromatic heterocycles. The van der Waals surface area contributed by atoms with Crippen LogP contribution in [0.15, 0.2) is 40.9 Å². The molecule has 0 saturated carbocycles. The van der Waals surface area contributed by atoms with Crippen LogP contribution in [0.1, 0.15) is 19.4 Å². The Morgan fingerprint density at radius 2 is 1.64 bits per heavy atom. The smallest absolute Gasteiger partial charge is 0.234 e. The van der Waals surface area contributed by atoms with E-state index >= 15 is 0 Å². The van der Waals surface area contributed by atoms with Gasteiger partial charge in [0.2, 0.25) is 5.91 Å². The van der Waals surface area contributed by atoms with Gasteiger partial charge in [0.05, 0.1) is 11.1 Å². The van der Waals surface area contributed by atoms with Crippen LogP contribution in [0.5, 0.6) is 0 Å². The van der Waals surface area contributed by atoms with Gasteiger partial charge < -0.3 is 5.32 Å². The molecule has 0 unspecified atom stereocenters. The summed E-state index contributed by atoms with van der Waals surface area (Å²) in [4.78, 5) is 12.4. The molecular weight excluding hydrogens is 359 g/mol. The highest BCUT2D eigenvalue weighted by Crippen LogP contribution is 2.28. The Bertz CT molecular complexity index is 711. The molecule has 0 aliphatic heterocycles. The second-order valence-electron chi connectivity index (χ2n) is 5.36. The lowest BCUT2D eigenvalue weighted by Crippen LogP contribution is -2.35. The van der Waals surface area contributed by atoms with E-state index in [-0.39, 0.29) is 11.3 Å². The first-order chi connectivity index (χ1) is 10.2. The van der Waals surface area contributed by atoms with Crippen LogP contribution >= 0.6 is 15.9 Å². The summed E-state index contributed by atoms with van der Waals surface area (Å²) in [6.07, 6.45) is 0. The van der Waals surface area contributed by atoms with Crippen LogP contribution < -0.4 is 5.32 Å². The lowest BCUT2D eigenvalue weighted by atomic mass is 9.83. The van der Waals surface area contributed by atoms with Gasteiger partial charge in [-0.1, -0.05) is 15.9 Å². The third kappa shape index (κ3) is 3.50. The summed E-state index contributed by atoms with van der Waals surface area (Å²) in [5.41, 5.74) is -1.07. The van der Waals surface area contributed by atoms with Crippen LogP contribution in [-0.4, -0.2) is 5.91 Å². The van der Waals surface area contributed by atoms with Crippen molar-refractivity contribution in [3.63, 3.8) is 0 Å². The fourth-order valence-electron chi connectivity index (χ4n) is 1.92. The third-order valence-corrected chi connectivity index (χ3v) is 3.82. The van der Waals surface area contributed by atoms with Gasteiger partial charge in [-0.2, -0.15) is 0 Å². The van der Waals surface area contributed by atoms with Crippen molar-refractivity contribution in [2.24, 2.45) is 0 Å². The highest BCUT2D eigenvalue weighted by molar-refractivity contribution is 9.10. The fraction of sp³-hybridized carbons (Fsp3) is 0.188. The van der Waals surface area contributed by atoms with Gasteiger partial charge in [-0.3, -0.25) is 4.79 Å². The summed E-state index contributed by atoms with van der Waals surface area (Å²) in [7, 11) is 0. The molecule has 2 rings (SSSR count). The maximum atomic E-state index is 13.8. The number of benzene rings is 2. The summed E-state index contributed by atoms with van der Waals surface area (Å²) in [6.45, 7) is 3.01. The number of amides is 1. The van der Waals surface area contributed by atoms with Crippen molar-refractivity contribution in [2.75, 3.05) is 5.32 Å². The maximum Gasteiger partial charge on any atom is 0.234 e. The van der Waals surface area contributed by atoms with Gasteiger partial charge >= 0.3 is 0 Å². The van der Waals surface area contributed by atoms with Gasteiger partial charge in [-0.15, -0.1) is 0 Å². The first-order valence-electron chi connectivity index (χ1n) is 6.43. The highest BCUT2D eigenvalue weighted by atomic mass is 79.9. The topological polar surface area (TPSA) is 29.1 Å². The highest BCUT2D eigenvalue weighted by Gasteiger charge is 2.31. The molecule has 0 heterocycles. The van der Waals surface area contributed by atoms with Gasteiger partial charge in [0.1, 0.15) is 17.5 Å². The number of carbonyl (C=O) groups excluding carboxylic acids is 1. The Balaban J connectivity index is 2.30. The van der Waals surface area contributed by atoms with Crippen molar-refractivity contribution in [3.05, 3.63) is 63.9 Å². The summed E-state index contributed by atoms with van der Waals surface area (Å²) in [5, 5.41) is 2.44. The zero-order valence-corrected chi connectivity index (χ0v) is 13.5. The van der Waals surface area contributed by atoms with E-state index in [1.54, 1.807) is 6.07 Å². The standard InChI is InChI=1S/C16H13BrF3NO/c1-16(2,9-5-11(18)8-12(19)6-9)15(22)21-14-4-3-10(17)7-13(14)20/h3-8H,1-2H3,(H,21,22). The average molecular weight is 372 g/mol.